The molecule has 1 aliphatic carbocycles. The van der Waals surface area contributed by atoms with Crippen LogP contribution in [0, 0.1) is 5.92 Å². The number of rotatable bonds is 5. The lowest BCUT2D eigenvalue weighted by Gasteiger charge is -2.31. The van der Waals surface area contributed by atoms with Crippen LogP contribution in [0.5, 0.6) is 0 Å². The zero-order valence-corrected chi connectivity index (χ0v) is 12.6. The highest BCUT2D eigenvalue weighted by Gasteiger charge is 2.26. The van der Waals surface area contributed by atoms with Crippen LogP contribution in [0.2, 0.25) is 0 Å². The number of hydrogen-bond acceptors (Lipinski definition) is 4. The average Bonchev–Trinajstić information content (AvgIpc) is 2.99. The molecule has 0 aliphatic heterocycles. The molecular formula is C17H23N3O. The van der Waals surface area contributed by atoms with E-state index in [0.29, 0.717) is 17.8 Å². The first-order valence-electron chi connectivity index (χ1n) is 7.98. The summed E-state index contributed by atoms with van der Waals surface area (Å²) in [5.41, 5.74) is 1.01. The summed E-state index contributed by atoms with van der Waals surface area (Å²) in [6, 6.07) is 10.6. The maximum absolute atomic E-state index is 5.46. The highest BCUT2D eigenvalue weighted by molar-refractivity contribution is 5.53. The van der Waals surface area contributed by atoms with Crippen molar-refractivity contribution in [2.75, 3.05) is 6.54 Å². The van der Waals surface area contributed by atoms with Crippen molar-refractivity contribution in [1.82, 2.24) is 15.5 Å². The summed E-state index contributed by atoms with van der Waals surface area (Å²) < 4.78 is 5.46. The van der Waals surface area contributed by atoms with E-state index in [1.807, 2.05) is 30.3 Å². The molecule has 0 amide bonds. The van der Waals surface area contributed by atoms with Crippen molar-refractivity contribution in [2.24, 2.45) is 5.92 Å². The van der Waals surface area contributed by atoms with E-state index in [-0.39, 0.29) is 0 Å². The van der Waals surface area contributed by atoms with E-state index in [2.05, 4.69) is 22.4 Å². The predicted molar refractivity (Wildman–Crippen MR) is 82.9 cm³/mol. The van der Waals surface area contributed by atoms with Crippen molar-refractivity contribution in [3.8, 4) is 11.4 Å². The van der Waals surface area contributed by atoms with Crippen molar-refractivity contribution in [3.63, 3.8) is 0 Å². The van der Waals surface area contributed by atoms with Gasteiger partial charge in [-0.05, 0) is 25.3 Å². The second kappa shape index (κ2) is 6.85. The molecule has 1 heterocycles. The van der Waals surface area contributed by atoms with Crippen LogP contribution in [0.1, 0.15) is 38.5 Å². The van der Waals surface area contributed by atoms with Gasteiger partial charge in [-0.1, -0.05) is 55.3 Å². The molecular weight excluding hydrogens is 262 g/mol. The fourth-order valence-electron chi connectivity index (χ4n) is 3.25. The van der Waals surface area contributed by atoms with Crippen molar-refractivity contribution in [1.29, 1.82) is 0 Å². The zero-order chi connectivity index (χ0) is 14.5. The topological polar surface area (TPSA) is 51.0 Å². The van der Waals surface area contributed by atoms with E-state index < -0.39 is 0 Å². The molecule has 112 valence electrons. The monoisotopic (exact) mass is 285 g/mol. The Morgan fingerprint density at radius 3 is 2.81 bits per heavy atom. The molecule has 1 aromatic heterocycles. The fraction of sp³-hybridized carbons (Fsp3) is 0.529. The molecule has 3 rings (SSSR count). The lowest BCUT2D eigenvalue weighted by Crippen LogP contribution is -2.39. The van der Waals surface area contributed by atoms with Crippen LogP contribution in [0.15, 0.2) is 34.9 Å². The first kappa shape index (κ1) is 14.3. The number of hydrogen-bond donors (Lipinski definition) is 1. The number of benzene rings is 1. The molecule has 1 fully saturated rings. The minimum absolute atomic E-state index is 0.593. The number of aromatic nitrogens is 2. The SMILES string of the molecule is CCNC1CCCCC1Cc1nc(-c2ccccc2)no1. The summed E-state index contributed by atoms with van der Waals surface area (Å²) in [6.45, 7) is 3.20. The molecule has 2 atom stereocenters. The van der Waals surface area contributed by atoms with Gasteiger partial charge < -0.3 is 9.84 Å². The van der Waals surface area contributed by atoms with Crippen LogP contribution < -0.4 is 5.32 Å². The van der Waals surface area contributed by atoms with Gasteiger partial charge in [-0.3, -0.25) is 0 Å². The van der Waals surface area contributed by atoms with Gasteiger partial charge in [0, 0.05) is 18.0 Å². The summed E-state index contributed by atoms with van der Waals surface area (Å²) in [5.74, 6) is 2.08. The Morgan fingerprint density at radius 1 is 1.19 bits per heavy atom. The minimum atomic E-state index is 0.593. The smallest absolute Gasteiger partial charge is 0.227 e. The summed E-state index contributed by atoms with van der Waals surface area (Å²) in [5, 5.41) is 7.72. The normalized spacial score (nSPS) is 22.3. The van der Waals surface area contributed by atoms with E-state index in [4.69, 9.17) is 4.52 Å². The second-order valence-electron chi connectivity index (χ2n) is 5.79. The van der Waals surface area contributed by atoms with Crippen LogP contribution in [0.4, 0.5) is 0 Å². The Kier molecular flexibility index (Phi) is 4.65. The predicted octanol–water partition coefficient (Wildman–Crippen LogP) is 3.45. The summed E-state index contributed by atoms with van der Waals surface area (Å²) in [6.07, 6.45) is 6.04. The van der Waals surface area contributed by atoms with Gasteiger partial charge >= 0.3 is 0 Å². The zero-order valence-electron chi connectivity index (χ0n) is 12.6. The van der Waals surface area contributed by atoms with E-state index in [1.165, 1.54) is 25.7 Å². The van der Waals surface area contributed by atoms with Gasteiger partial charge in [0.1, 0.15) is 0 Å². The lowest BCUT2D eigenvalue weighted by atomic mass is 9.82. The standard InChI is InChI=1S/C17H23N3O/c1-2-18-15-11-7-6-10-14(15)12-16-19-17(20-21-16)13-8-4-3-5-9-13/h3-5,8-9,14-15,18H,2,6-7,10-12H2,1H3. The number of nitrogens with zero attached hydrogens (tertiary/aromatic N) is 2. The Morgan fingerprint density at radius 2 is 2.00 bits per heavy atom. The summed E-state index contributed by atoms with van der Waals surface area (Å²) in [7, 11) is 0. The molecule has 1 N–H and O–H groups in total. The van der Waals surface area contributed by atoms with Crippen molar-refractivity contribution in [3.05, 3.63) is 36.2 Å². The quantitative estimate of drug-likeness (QED) is 0.914. The van der Waals surface area contributed by atoms with Crippen LogP contribution in [-0.2, 0) is 6.42 Å². The van der Waals surface area contributed by atoms with Gasteiger partial charge in [-0.25, -0.2) is 0 Å². The molecule has 2 aromatic rings. The van der Waals surface area contributed by atoms with Crippen LogP contribution in [-0.4, -0.2) is 22.7 Å². The Bertz CT molecular complexity index is 550. The van der Waals surface area contributed by atoms with E-state index in [9.17, 15) is 0 Å². The van der Waals surface area contributed by atoms with Crippen molar-refractivity contribution < 1.29 is 4.52 Å². The highest BCUT2D eigenvalue weighted by atomic mass is 16.5. The van der Waals surface area contributed by atoms with Gasteiger partial charge in [-0.15, -0.1) is 0 Å². The molecule has 4 nitrogen and oxygen atoms in total. The maximum Gasteiger partial charge on any atom is 0.227 e. The van der Waals surface area contributed by atoms with Gasteiger partial charge in [0.05, 0.1) is 0 Å². The van der Waals surface area contributed by atoms with Crippen LogP contribution >= 0.6 is 0 Å². The summed E-state index contributed by atoms with van der Waals surface area (Å²) in [4.78, 5) is 4.56. The summed E-state index contributed by atoms with van der Waals surface area (Å²) >= 11 is 0. The molecule has 1 aliphatic rings. The van der Waals surface area contributed by atoms with Crippen molar-refractivity contribution in [2.45, 2.75) is 45.1 Å². The van der Waals surface area contributed by atoms with Crippen molar-refractivity contribution >= 4 is 0 Å². The fourth-order valence-corrected chi connectivity index (χ4v) is 3.25. The Balaban J connectivity index is 1.69. The third-order valence-corrected chi connectivity index (χ3v) is 4.31. The first-order valence-corrected chi connectivity index (χ1v) is 7.98. The molecule has 0 radical (unpaired) electrons. The Hall–Kier alpha value is -1.68. The van der Waals surface area contributed by atoms with Gasteiger partial charge in [0.2, 0.25) is 11.7 Å². The second-order valence-corrected chi connectivity index (χ2v) is 5.79. The van der Waals surface area contributed by atoms with Gasteiger partial charge in [0.25, 0.3) is 0 Å². The molecule has 4 heteroatoms. The third-order valence-electron chi connectivity index (χ3n) is 4.31. The Labute approximate surface area is 126 Å². The molecule has 2 unspecified atom stereocenters. The molecule has 21 heavy (non-hydrogen) atoms. The molecule has 0 bridgehead atoms. The van der Waals surface area contributed by atoms with Crippen LogP contribution in [0.3, 0.4) is 0 Å². The first-order chi connectivity index (χ1) is 10.4. The lowest BCUT2D eigenvalue weighted by molar-refractivity contribution is 0.242. The van der Waals surface area contributed by atoms with Gasteiger partial charge in [-0.2, -0.15) is 4.98 Å². The number of nitrogens with one attached hydrogen (secondary N) is 1. The van der Waals surface area contributed by atoms with Gasteiger partial charge in [0.15, 0.2) is 0 Å². The minimum Gasteiger partial charge on any atom is -0.339 e. The molecule has 1 saturated carbocycles. The van der Waals surface area contributed by atoms with E-state index >= 15 is 0 Å². The molecule has 0 spiro atoms. The molecule has 1 aromatic carbocycles. The third kappa shape index (κ3) is 3.50. The highest BCUT2D eigenvalue weighted by Crippen LogP contribution is 2.27. The van der Waals surface area contributed by atoms with E-state index in [0.717, 1.165) is 24.4 Å². The maximum atomic E-state index is 5.46. The largest absolute Gasteiger partial charge is 0.339 e. The molecule has 0 saturated heterocycles. The van der Waals surface area contributed by atoms with E-state index in [1.54, 1.807) is 0 Å². The van der Waals surface area contributed by atoms with Crippen LogP contribution in [0.25, 0.3) is 11.4 Å². The average molecular weight is 285 g/mol.